The SMILES string of the molecule is CN(C)C(=O)NCCNC(=O)C(S)Cc1ccccc1. The lowest BCUT2D eigenvalue weighted by Crippen LogP contribution is -2.41. The predicted molar refractivity (Wildman–Crippen MR) is 83.0 cm³/mol. The molecular weight excluding hydrogens is 274 g/mol. The minimum absolute atomic E-state index is 0.128. The lowest BCUT2D eigenvalue weighted by Gasteiger charge is -2.14. The van der Waals surface area contributed by atoms with Crippen molar-refractivity contribution in [3.8, 4) is 0 Å². The van der Waals surface area contributed by atoms with Crippen LogP contribution in [0.1, 0.15) is 5.56 Å². The monoisotopic (exact) mass is 295 g/mol. The summed E-state index contributed by atoms with van der Waals surface area (Å²) in [6, 6.07) is 9.56. The Morgan fingerprint density at radius 1 is 1.15 bits per heavy atom. The summed E-state index contributed by atoms with van der Waals surface area (Å²) in [6.07, 6.45) is 0.583. The van der Waals surface area contributed by atoms with Gasteiger partial charge >= 0.3 is 6.03 Å². The van der Waals surface area contributed by atoms with E-state index in [2.05, 4.69) is 23.3 Å². The van der Waals surface area contributed by atoms with Crippen molar-refractivity contribution in [1.29, 1.82) is 0 Å². The van der Waals surface area contributed by atoms with Gasteiger partial charge in [0.1, 0.15) is 0 Å². The van der Waals surface area contributed by atoms with Gasteiger partial charge in [-0.2, -0.15) is 12.6 Å². The Labute approximate surface area is 125 Å². The molecule has 2 N–H and O–H groups in total. The molecule has 1 atom stereocenters. The summed E-state index contributed by atoms with van der Waals surface area (Å²) in [4.78, 5) is 24.5. The van der Waals surface area contributed by atoms with Crippen LogP contribution in [0.25, 0.3) is 0 Å². The zero-order chi connectivity index (χ0) is 15.0. The summed E-state index contributed by atoms with van der Waals surface area (Å²) in [5.41, 5.74) is 1.07. The van der Waals surface area contributed by atoms with Gasteiger partial charge in [-0.15, -0.1) is 0 Å². The van der Waals surface area contributed by atoms with Gasteiger partial charge in [-0.25, -0.2) is 4.79 Å². The second-order valence-electron chi connectivity index (χ2n) is 4.62. The van der Waals surface area contributed by atoms with Crippen LogP contribution in [-0.2, 0) is 11.2 Å². The molecule has 1 unspecified atom stereocenters. The first kappa shape index (κ1) is 16.4. The Morgan fingerprint density at radius 2 is 1.75 bits per heavy atom. The fourth-order valence-corrected chi connectivity index (χ4v) is 1.86. The number of benzene rings is 1. The number of hydrogen-bond acceptors (Lipinski definition) is 3. The molecule has 0 aliphatic heterocycles. The van der Waals surface area contributed by atoms with Gasteiger partial charge in [-0.1, -0.05) is 30.3 Å². The van der Waals surface area contributed by atoms with E-state index >= 15 is 0 Å². The fraction of sp³-hybridized carbons (Fsp3) is 0.429. The maximum atomic E-state index is 11.8. The van der Waals surface area contributed by atoms with Crippen molar-refractivity contribution in [2.24, 2.45) is 0 Å². The molecule has 1 rings (SSSR count). The van der Waals surface area contributed by atoms with Crippen molar-refractivity contribution in [3.05, 3.63) is 35.9 Å². The fourth-order valence-electron chi connectivity index (χ4n) is 1.56. The molecule has 0 radical (unpaired) electrons. The minimum Gasteiger partial charge on any atom is -0.353 e. The molecular formula is C14H21N3O2S. The number of thiol groups is 1. The quantitative estimate of drug-likeness (QED) is 0.540. The molecule has 0 heterocycles. The third kappa shape index (κ3) is 5.97. The smallest absolute Gasteiger partial charge is 0.316 e. The molecule has 6 heteroatoms. The number of urea groups is 1. The number of rotatable bonds is 6. The molecule has 0 bridgehead atoms. The van der Waals surface area contributed by atoms with Crippen molar-refractivity contribution in [3.63, 3.8) is 0 Å². The Hall–Kier alpha value is -1.69. The van der Waals surface area contributed by atoms with Gasteiger partial charge < -0.3 is 15.5 Å². The van der Waals surface area contributed by atoms with Gasteiger partial charge in [0.15, 0.2) is 0 Å². The van der Waals surface area contributed by atoms with Gasteiger partial charge in [0, 0.05) is 27.2 Å². The van der Waals surface area contributed by atoms with Gasteiger partial charge in [0.05, 0.1) is 5.25 Å². The van der Waals surface area contributed by atoms with E-state index in [1.807, 2.05) is 30.3 Å². The van der Waals surface area contributed by atoms with E-state index in [-0.39, 0.29) is 17.2 Å². The average molecular weight is 295 g/mol. The van der Waals surface area contributed by atoms with Crippen LogP contribution in [0, 0.1) is 0 Å². The summed E-state index contributed by atoms with van der Waals surface area (Å²) < 4.78 is 0. The second-order valence-corrected chi connectivity index (χ2v) is 5.25. The van der Waals surface area contributed by atoms with Crippen LogP contribution < -0.4 is 10.6 Å². The standard InChI is InChI=1S/C14H21N3O2S/c1-17(2)14(19)16-9-8-15-13(18)12(20)10-11-6-4-3-5-7-11/h3-7,12,20H,8-10H2,1-2H3,(H,15,18)(H,16,19). The van der Waals surface area contributed by atoms with Crippen LogP contribution in [0.3, 0.4) is 0 Å². The number of carbonyl (C=O) groups is 2. The first-order chi connectivity index (χ1) is 9.50. The summed E-state index contributed by atoms with van der Waals surface area (Å²) >= 11 is 4.30. The lowest BCUT2D eigenvalue weighted by atomic mass is 10.1. The highest BCUT2D eigenvalue weighted by Gasteiger charge is 2.13. The first-order valence-electron chi connectivity index (χ1n) is 6.45. The van der Waals surface area contributed by atoms with Crippen LogP contribution >= 0.6 is 12.6 Å². The number of carbonyl (C=O) groups excluding carboxylic acids is 2. The van der Waals surface area contributed by atoms with Crippen molar-refractivity contribution >= 4 is 24.6 Å². The van der Waals surface area contributed by atoms with E-state index in [4.69, 9.17) is 0 Å². The topological polar surface area (TPSA) is 61.4 Å². The second kappa shape index (κ2) is 8.47. The first-order valence-corrected chi connectivity index (χ1v) is 6.97. The average Bonchev–Trinajstić information content (AvgIpc) is 2.43. The third-order valence-electron chi connectivity index (χ3n) is 2.68. The molecule has 0 aliphatic rings. The van der Waals surface area contributed by atoms with Crippen LogP contribution in [-0.4, -0.2) is 49.3 Å². The van der Waals surface area contributed by atoms with Gasteiger partial charge in [0.2, 0.25) is 5.91 Å². The summed E-state index contributed by atoms with van der Waals surface area (Å²) in [5.74, 6) is -0.128. The highest BCUT2D eigenvalue weighted by molar-refractivity contribution is 7.81. The van der Waals surface area contributed by atoms with E-state index < -0.39 is 0 Å². The number of nitrogens with one attached hydrogen (secondary N) is 2. The zero-order valence-electron chi connectivity index (χ0n) is 11.8. The molecule has 1 aromatic carbocycles. The van der Waals surface area contributed by atoms with Crippen molar-refractivity contribution < 1.29 is 9.59 Å². The molecule has 0 fully saturated rings. The molecule has 0 saturated carbocycles. The van der Waals surface area contributed by atoms with Crippen LogP contribution in [0.4, 0.5) is 4.79 Å². The molecule has 3 amide bonds. The zero-order valence-corrected chi connectivity index (χ0v) is 12.7. The number of nitrogens with zero attached hydrogens (tertiary/aromatic N) is 1. The van der Waals surface area contributed by atoms with Gasteiger partial charge in [0.25, 0.3) is 0 Å². The predicted octanol–water partition coefficient (Wildman–Crippen LogP) is 0.915. The third-order valence-corrected chi connectivity index (χ3v) is 3.10. The molecule has 110 valence electrons. The van der Waals surface area contributed by atoms with E-state index in [1.54, 1.807) is 14.1 Å². The van der Waals surface area contributed by atoms with E-state index in [0.29, 0.717) is 19.5 Å². The maximum Gasteiger partial charge on any atom is 0.316 e. The van der Waals surface area contributed by atoms with Crippen molar-refractivity contribution in [1.82, 2.24) is 15.5 Å². The number of amides is 3. The maximum absolute atomic E-state index is 11.8. The van der Waals surface area contributed by atoms with Gasteiger partial charge in [-0.05, 0) is 12.0 Å². The van der Waals surface area contributed by atoms with Crippen molar-refractivity contribution in [2.45, 2.75) is 11.7 Å². The Bertz CT molecular complexity index is 437. The number of hydrogen-bond donors (Lipinski definition) is 3. The Balaban J connectivity index is 2.24. The van der Waals surface area contributed by atoms with E-state index in [0.717, 1.165) is 5.56 Å². The van der Waals surface area contributed by atoms with E-state index in [1.165, 1.54) is 4.90 Å². The highest BCUT2D eigenvalue weighted by Crippen LogP contribution is 2.07. The molecule has 0 aliphatic carbocycles. The normalized spacial score (nSPS) is 11.6. The van der Waals surface area contributed by atoms with Gasteiger partial charge in [-0.3, -0.25) is 4.79 Å². The summed E-state index contributed by atoms with van der Waals surface area (Å²) in [6.45, 7) is 0.791. The Kier molecular flexibility index (Phi) is 6.93. The molecule has 0 saturated heterocycles. The summed E-state index contributed by atoms with van der Waals surface area (Å²) in [7, 11) is 3.33. The van der Waals surface area contributed by atoms with Crippen molar-refractivity contribution in [2.75, 3.05) is 27.2 Å². The van der Waals surface area contributed by atoms with Crippen LogP contribution in [0.5, 0.6) is 0 Å². The largest absolute Gasteiger partial charge is 0.353 e. The van der Waals surface area contributed by atoms with Crippen LogP contribution in [0.15, 0.2) is 30.3 Å². The summed E-state index contributed by atoms with van der Waals surface area (Å²) in [5, 5.41) is 5.03. The molecule has 20 heavy (non-hydrogen) atoms. The molecule has 1 aromatic rings. The lowest BCUT2D eigenvalue weighted by molar-refractivity contribution is -0.120. The Morgan fingerprint density at radius 3 is 2.35 bits per heavy atom. The highest BCUT2D eigenvalue weighted by atomic mass is 32.1. The van der Waals surface area contributed by atoms with E-state index in [9.17, 15) is 9.59 Å². The molecule has 5 nitrogen and oxygen atoms in total. The van der Waals surface area contributed by atoms with Crippen LogP contribution in [0.2, 0.25) is 0 Å². The minimum atomic E-state index is -0.387. The molecule has 0 spiro atoms. The molecule has 0 aromatic heterocycles.